The van der Waals surface area contributed by atoms with Crippen molar-refractivity contribution in [1.29, 1.82) is 0 Å². The van der Waals surface area contributed by atoms with Crippen molar-refractivity contribution in [2.75, 3.05) is 0 Å². The molecule has 80 heavy (non-hydrogen) atoms. The molecule has 4 heterocycles. The van der Waals surface area contributed by atoms with Crippen molar-refractivity contribution in [2.24, 2.45) is 7.05 Å². The van der Waals surface area contributed by atoms with Crippen LogP contribution in [0.25, 0.3) is 115 Å². The van der Waals surface area contributed by atoms with Gasteiger partial charge in [-0.1, -0.05) is 211 Å². The predicted octanol–water partition coefficient (Wildman–Crippen LogP) is 20.3. The summed E-state index contributed by atoms with van der Waals surface area (Å²) in [6.07, 6.45) is 0. The van der Waals surface area contributed by atoms with Crippen LogP contribution in [0.3, 0.4) is 0 Å². The number of benzene rings is 12. The molecule has 0 aliphatic carbocycles. The fourth-order valence-corrected chi connectivity index (χ4v) is 11.8. The summed E-state index contributed by atoms with van der Waals surface area (Å²) in [5.41, 5.74) is 20.2. The van der Waals surface area contributed by atoms with Gasteiger partial charge < -0.3 is 18.3 Å². The highest BCUT2D eigenvalue weighted by Crippen LogP contribution is 2.36. The van der Waals surface area contributed by atoms with Crippen molar-refractivity contribution in [3.8, 4) is 28.2 Å². The topological polar surface area (TPSA) is 19.7 Å². The van der Waals surface area contributed by atoms with Crippen LogP contribution in [-0.2, 0) is 7.05 Å². The summed E-state index contributed by atoms with van der Waals surface area (Å²) in [5.74, 6) is 0. The van der Waals surface area contributed by atoms with Gasteiger partial charge in [0.2, 0.25) is 0 Å². The lowest BCUT2D eigenvalue weighted by Gasteiger charge is -2.09. The molecule has 0 saturated heterocycles. The molecule has 0 amide bonds. The molecule has 0 aliphatic heterocycles. The van der Waals surface area contributed by atoms with Gasteiger partial charge in [0.1, 0.15) is 0 Å². The molecule has 0 atom stereocenters. The molecule has 4 aromatic heterocycles. The highest BCUT2D eigenvalue weighted by molar-refractivity contribution is 6.12. The Hall–Kier alpha value is -10.2. The van der Waals surface area contributed by atoms with E-state index in [1.54, 1.807) is 0 Å². The summed E-state index contributed by atoms with van der Waals surface area (Å²) in [6.45, 7) is 6.43. The molecule has 0 unspecified atom stereocenters. The molecule has 384 valence electrons. The molecular weight excluding hydrogens is 969 g/mol. The minimum Gasteiger partial charge on any atom is -0.344 e. The fourth-order valence-electron chi connectivity index (χ4n) is 11.8. The van der Waals surface area contributed by atoms with E-state index in [1.165, 1.54) is 132 Å². The molecule has 0 aliphatic rings. The summed E-state index contributed by atoms with van der Waals surface area (Å²) in [5, 5.41) is 10.5. The first-order chi connectivity index (χ1) is 39.4. The lowest BCUT2D eigenvalue weighted by Crippen LogP contribution is -1.93. The van der Waals surface area contributed by atoms with Crippen molar-refractivity contribution in [3.05, 3.63) is 308 Å². The van der Waals surface area contributed by atoms with Gasteiger partial charge in [-0.25, -0.2) is 0 Å². The quantitative estimate of drug-likeness (QED) is 0.167. The van der Waals surface area contributed by atoms with Crippen molar-refractivity contribution < 1.29 is 0 Å². The molecule has 4 nitrogen and oxygen atoms in total. The zero-order valence-corrected chi connectivity index (χ0v) is 45.5. The maximum absolute atomic E-state index is 2.35. The molecule has 0 radical (unpaired) electrons. The Bertz CT molecular complexity index is 4740. The Labute approximate surface area is 466 Å². The van der Waals surface area contributed by atoms with Gasteiger partial charge in [-0.15, -0.1) is 0 Å². The maximum atomic E-state index is 2.35. The van der Waals surface area contributed by atoms with Gasteiger partial charge in [-0.05, 0) is 128 Å². The van der Waals surface area contributed by atoms with Gasteiger partial charge in [0.25, 0.3) is 0 Å². The number of nitrogens with zero attached hydrogens (tertiary/aromatic N) is 4. The first kappa shape index (κ1) is 49.4. The number of aryl methyl sites for hydroxylation is 4. The number of fused-ring (bicyclic) bond motifs is 12. The Morgan fingerprint density at radius 1 is 0.200 bits per heavy atom. The van der Waals surface area contributed by atoms with Gasteiger partial charge in [-0.3, -0.25) is 0 Å². The average molecular weight is 1030 g/mol. The van der Waals surface area contributed by atoms with Gasteiger partial charge >= 0.3 is 0 Å². The van der Waals surface area contributed by atoms with E-state index >= 15 is 0 Å². The Morgan fingerprint density at radius 3 is 1.01 bits per heavy atom. The zero-order valence-electron chi connectivity index (χ0n) is 45.5. The third kappa shape index (κ3) is 9.17. The van der Waals surface area contributed by atoms with Crippen LogP contribution in [-0.4, -0.2) is 18.3 Å². The van der Waals surface area contributed by atoms with E-state index in [0.29, 0.717) is 0 Å². The average Bonchev–Trinajstić information content (AvgIpc) is 4.31. The smallest absolute Gasteiger partial charge is 0.0543 e. The molecule has 0 spiro atoms. The van der Waals surface area contributed by atoms with Crippen LogP contribution < -0.4 is 0 Å². The molecule has 16 aromatic rings. The molecule has 0 N–H and O–H groups in total. The molecule has 0 bridgehead atoms. The lowest BCUT2D eigenvalue weighted by atomic mass is 10.0. The number of aromatic nitrogens is 4. The third-order valence-corrected chi connectivity index (χ3v) is 15.6. The molecule has 0 saturated carbocycles. The maximum Gasteiger partial charge on any atom is 0.0543 e. The molecule has 12 aromatic carbocycles. The van der Waals surface area contributed by atoms with Crippen LogP contribution in [0, 0.1) is 20.8 Å². The summed E-state index contributed by atoms with van der Waals surface area (Å²) in [6, 6.07) is 103. The summed E-state index contributed by atoms with van der Waals surface area (Å²) in [4.78, 5) is 0. The highest BCUT2D eigenvalue weighted by Gasteiger charge is 2.15. The Morgan fingerprint density at radius 2 is 0.537 bits per heavy atom. The fraction of sp³-hybridized carbons (Fsp3) is 0.0526. The first-order valence-electron chi connectivity index (χ1n) is 27.6. The van der Waals surface area contributed by atoms with Crippen LogP contribution in [0.4, 0.5) is 0 Å². The zero-order chi connectivity index (χ0) is 54.1. The van der Waals surface area contributed by atoms with E-state index in [-0.39, 0.29) is 0 Å². The Kier molecular flexibility index (Phi) is 13.2. The van der Waals surface area contributed by atoms with E-state index in [9.17, 15) is 0 Å². The predicted molar refractivity (Wildman–Crippen MR) is 342 cm³/mol. The number of hydrogen-bond acceptors (Lipinski definition) is 0. The first-order valence-corrected chi connectivity index (χ1v) is 27.6. The van der Waals surface area contributed by atoms with Crippen molar-refractivity contribution in [3.63, 3.8) is 0 Å². The van der Waals surface area contributed by atoms with Crippen LogP contribution >= 0.6 is 0 Å². The van der Waals surface area contributed by atoms with Gasteiger partial charge in [0.05, 0.1) is 33.1 Å². The van der Waals surface area contributed by atoms with Crippen LogP contribution in [0.15, 0.2) is 291 Å². The van der Waals surface area contributed by atoms with Crippen molar-refractivity contribution in [2.45, 2.75) is 20.8 Å². The van der Waals surface area contributed by atoms with Crippen LogP contribution in [0.5, 0.6) is 0 Å². The normalized spacial score (nSPS) is 11.2. The Balaban J connectivity index is 0.000000103. The molecular formula is C76H60N4. The van der Waals surface area contributed by atoms with Gasteiger partial charge in [-0.2, -0.15) is 0 Å². The number of para-hydroxylation sites is 8. The van der Waals surface area contributed by atoms with Crippen molar-refractivity contribution in [1.82, 2.24) is 18.3 Å². The van der Waals surface area contributed by atoms with E-state index in [4.69, 9.17) is 0 Å². The van der Waals surface area contributed by atoms with E-state index in [2.05, 4.69) is 337 Å². The molecule has 16 rings (SSSR count). The van der Waals surface area contributed by atoms with Gasteiger partial charge in [0, 0.05) is 78.2 Å². The monoisotopic (exact) mass is 1030 g/mol. The van der Waals surface area contributed by atoms with E-state index in [0.717, 1.165) is 0 Å². The van der Waals surface area contributed by atoms with E-state index in [1.807, 2.05) is 0 Å². The van der Waals surface area contributed by atoms with E-state index < -0.39 is 0 Å². The summed E-state index contributed by atoms with van der Waals surface area (Å²) in [7, 11) is 2.12. The second kappa shape index (κ2) is 21.3. The molecule has 0 fully saturated rings. The summed E-state index contributed by atoms with van der Waals surface area (Å²) < 4.78 is 9.27. The molecule has 4 heteroatoms. The SMILES string of the molecule is Cc1ccc2c(c1)c1ccccc1n2-c1ccccc1.Cc1ccc2c3ccccc3n(-c3ccccc3)c2c1.Cc1cccc(-c2ccc(-n3c4ccccc4c4ccccc43)cc2)c1.Cn1c2ccccc2c2ccccc21. The summed E-state index contributed by atoms with van der Waals surface area (Å²) >= 11 is 0. The lowest BCUT2D eigenvalue weighted by molar-refractivity contribution is 1.01. The number of rotatable bonds is 4. The third-order valence-electron chi connectivity index (χ3n) is 15.6. The standard InChI is InChI=1S/C25H19N.2C19H15N.C13H11N/c1-18-7-6-8-20(17-18)19-13-15-21(16-14-19)26-24-11-4-2-9-22(24)23-10-3-5-12-25(23)26;1-14-11-12-19-17(13-14)16-9-5-6-10-18(16)20(19)15-7-3-2-4-8-15;1-14-11-12-17-16-9-5-6-10-18(16)20(19(17)13-14)15-7-3-2-4-8-15;1-14-12-8-4-2-6-10(12)11-7-3-5-9-13(11)14/h2-17H,1H3;2*2-13H,1H3;2-9H,1H3. The number of hydrogen-bond donors (Lipinski definition) is 0. The highest BCUT2D eigenvalue weighted by atomic mass is 15.0. The van der Waals surface area contributed by atoms with Crippen LogP contribution in [0.2, 0.25) is 0 Å². The minimum absolute atomic E-state index is 1.19. The van der Waals surface area contributed by atoms with Gasteiger partial charge in [0.15, 0.2) is 0 Å². The largest absolute Gasteiger partial charge is 0.344 e. The second-order valence-electron chi connectivity index (χ2n) is 20.8. The van der Waals surface area contributed by atoms with Crippen molar-refractivity contribution >= 4 is 87.2 Å². The van der Waals surface area contributed by atoms with Crippen LogP contribution in [0.1, 0.15) is 16.7 Å². The minimum atomic E-state index is 1.19. The second-order valence-corrected chi connectivity index (χ2v) is 20.8.